The molecule has 0 fully saturated rings. The summed E-state index contributed by atoms with van der Waals surface area (Å²) in [4.78, 5) is 0. The molecule has 2 aromatic heterocycles. The van der Waals surface area contributed by atoms with Crippen LogP contribution in [0.1, 0.15) is 52.7 Å². The fourth-order valence-electron chi connectivity index (χ4n) is 7.96. The molecule has 0 aliphatic carbocycles. The maximum Gasteiger partial charge on any atom is 0.0541 e. The molecule has 0 bridgehead atoms. The van der Waals surface area contributed by atoms with Crippen LogP contribution in [0.2, 0.25) is 0 Å². The van der Waals surface area contributed by atoms with Gasteiger partial charge >= 0.3 is 0 Å². The van der Waals surface area contributed by atoms with Gasteiger partial charge in [0.15, 0.2) is 0 Å². The van der Waals surface area contributed by atoms with Gasteiger partial charge in [-0.25, -0.2) is 0 Å². The Kier molecular flexibility index (Phi) is 7.31. The third-order valence-electron chi connectivity index (χ3n) is 10.8. The van der Waals surface area contributed by atoms with E-state index in [2.05, 4.69) is 208 Å². The third-order valence-corrected chi connectivity index (χ3v) is 10.8. The van der Waals surface area contributed by atoms with Gasteiger partial charge in [-0.3, -0.25) is 0 Å². The van der Waals surface area contributed by atoms with Crippen LogP contribution in [0.15, 0.2) is 158 Å². The molecule has 9 aromatic rings. The van der Waals surface area contributed by atoms with Gasteiger partial charge in [-0.1, -0.05) is 133 Å². The van der Waals surface area contributed by atoms with Crippen molar-refractivity contribution in [2.45, 2.75) is 52.4 Å². The van der Waals surface area contributed by atoms with E-state index in [4.69, 9.17) is 0 Å². The molecule has 9 rings (SSSR count). The molecular formula is C50H44N2. The second-order valence-electron chi connectivity index (χ2n) is 16.4. The molecule has 2 heteroatoms. The first-order chi connectivity index (χ1) is 25.0. The number of hydrogen-bond donors (Lipinski definition) is 0. The average Bonchev–Trinajstić information content (AvgIpc) is 3.67. The van der Waals surface area contributed by atoms with E-state index in [9.17, 15) is 0 Å². The Bertz CT molecular complexity index is 2800. The van der Waals surface area contributed by atoms with Crippen LogP contribution in [0.3, 0.4) is 0 Å². The summed E-state index contributed by atoms with van der Waals surface area (Å²) in [6.07, 6.45) is 0. The van der Waals surface area contributed by atoms with E-state index < -0.39 is 0 Å². The lowest BCUT2D eigenvalue weighted by molar-refractivity contribution is 0.591. The summed E-state index contributed by atoms with van der Waals surface area (Å²) in [6, 6.07) is 58.6. The van der Waals surface area contributed by atoms with Crippen LogP contribution >= 0.6 is 0 Å². The number of rotatable bonds is 4. The van der Waals surface area contributed by atoms with E-state index in [0.29, 0.717) is 0 Å². The highest BCUT2D eigenvalue weighted by molar-refractivity contribution is 6.10. The van der Waals surface area contributed by atoms with Crippen LogP contribution in [0.4, 0.5) is 0 Å². The lowest BCUT2D eigenvalue weighted by Gasteiger charge is -2.19. The third kappa shape index (κ3) is 5.33. The molecule has 0 spiro atoms. The number of nitrogens with zero attached hydrogens (tertiary/aromatic N) is 2. The Labute approximate surface area is 306 Å². The zero-order valence-corrected chi connectivity index (χ0v) is 30.9. The quantitative estimate of drug-likeness (QED) is 0.176. The molecule has 254 valence electrons. The van der Waals surface area contributed by atoms with Crippen molar-refractivity contribution in [3.8, 4) is 33.6 Å². The molecule has 2 heterocycles. The van der Waals surface area contributed by atoms with Crippen molar-refractivity contribution in [1.82, 2.24) is 9.13 Å². The van der Waals surface area contributed by atoms with Gasteiger partial charge in [-0.05, 0) is 111 Å². The van der Waals surface area contributed by atoms with Gasteiger partial charge in [-0.2, -0.15) is 0 Å². The summed E-state index contributed by atoms with van der Waals surface area (Å²) < 4.78 is 4.89. The SMILES string of the molecule is CC(C)(C)c1ccc2c(c1)c1ccccc1n2-c1cccc(-c2cc(-c3ccccc3)cc(-n3c4ccccc4c4cc(C(C)(C)C)ccc43)c2)c1. The lowest BCUT2D eigenvalue weighted by Crippen LogP contribution is -2.10. The minimum Gasteiger partial charge on any atom is -0.309 e. The van der Waals surface area contributed by atoms with E-state index in [0.717, 1.165) is 11.4 Å². The van der Waals surface area contributed by atoms with Crippen molar-refractivity contribution in [1.29, 1.82) is 0 Å². The zero-order valence-electron chi connectivity index (χ0n) is 30.9. The molecule has 0 N–H and O–H groups in total. The Morgan fingerprint density at radius 3 is 1.31 bits per heavy atom. The second-order valence-corrected chi connectivity index (χ2v) is 16.4. The highest BCUT2D eigenvalue weighted by atomic mass is 15.0. The van der Waals surface area contributed by atoms with Gasteiger partial charge in [0.2, 0.25) is 0 Å². The molecule has 52 heavy (non-hydrogen) atoms. The fraction of sp³-hybridized carbons (Fsp3) is 0.160. The molecule has 7 aromatic carbocycles. The Morgan fingerprint density at radius 1 is 0.308 bits per heavy atom. The largest absolute Gasteiger partial charge is 0.309 e. The lowest BCUT2D eigenvalue weighted by atomic mass is 9.86. The number of hydrogen-bond acceptors (Lipinski definition) is 0. The summed E-state index contributed by atoms with van der Waals surface area (Å²) >= 11 is 0. The van der Waals surface area contributed by atoms with Crippen molar-refractivity contribution in [3.05, 3.63) is 169 Å². The maximum absolute atomic E-state index is 2.46. The monoisotopic (exact) mass is 672 g/mol. The molecule has 0 saturated carbocycles. The molecule has 2 nitrogen and oxygen atoms in total. The minimum atomic E-state index is 0.0635. The first kappa shape index (κ1) is 32.1. The first-order valence-electron chi connectivity index (χ1n) is 18.4. The second kappa shape index (κ2) is 11.9. The van der Waals surface area contributed by atoms with E-state index in [-0.39, 0.29) is 10.8 Å². The molecule has 0 amide bonds. The summed E-state index contributed by atoms with van der Waals surface area (Å²) in [6.45, 7) is 13.7. The number of benzene rings is 7. The van der Waals surface area contributed by atoms with Crippen molar-refractivity contribution >= 4 is 43.6 Å². The molecule has 0 saturated heterocycles. The van der Waals surface area contributed by atoms with Crippen LogP contribution in [0.25, 0.3) is 77.2 Å². The van der Waals surface area contributed by atoms with Crippen LogP contribution in [0, 0.1) is 0 Å². The van der Waals surface area contributed by atoms with Crippen molar-refractivity contribution < 1.29 is 0 Å². The van der Waals surface area contributed by atoms with Crippen molar-refractivity contribution in [2.75, 3.05) is 0 Å². The van der Waals surface area contributed by atoms with E-state index in [1.807, 2.05) is 0 Å². The molecule has 0 aliphatic heterocycles. The van der Waals surface area contributed by atoms with Crippen LogP contribution < -0.4 is 0 Å². The first-order valence-corrected chi connectivity index (χ1v) is 18.4. The smallest absolute Gasteiger partial charge is 0.0541 e. The Morgan fingerprint density at radius 2 is 0.750 bits per heavy atom. The normalized spacial score (nSPS) is 12.4. The molecule has 0 unspecified atom stereocenters. The maximum atomic E-state index is 2.46. The van der Waals surface area contributed by atoms with E-state index in [1.54, 1.807) is 0 Å². The molecule has 0 radical (unpaired) electrons. The number of aromatic nitrogens is 2. The highest BCUT2D eigenvalue weighted by Gasteiger charge is 2.20. The Hall–Kier alpha value is -5.86. The summed E-state index contributed by atoms with van der Waals surface area (Å²) in [5.41, 5.74) is 14.8. The average molecular weight is 673 g/mol. The van der Waals surface area contributed by atoms with Gasteiger partial charge in [-0.15, -0.1) is 0 Å². The standard InChI is InChI=1S/C50H44N2/c1-49(2,3)37-23-25-47-43(31-37)41-19-10-12-21-45(41)51(47)39-18-14-17-34(28-39)36-27-35(33-15-8-7-9-16-33)29-40(30-36)52-46-22-13-11-20-42(46)44-32-38(50(4,5)6)24-26-48(44)52/h7-32H,1-6H3. The van der Waals surface area contributed by atoms with Crippen LogP contribution in [0.5, 0.6) is 0 Å². The van der Waals surface area contributed by atoms with E-state index in [1.165, 1.54) is 77.0 Å². The van der Waals surface area contributed by atoms with Crippen molar-refractivity contribution in [2.24, 2.45) is 0 Å². The number of fused-ring (bicyclic) bond motifs is 6. The van der Waals surface area contributed by atoms with Gasteiger partial charge in [0, 0.05) is 32.9 Å². The van der Waals surface area contributed by atoms with Gasteiger partial charge < -0.3 is 9.13 Å². The van der Waals surface area contributed by atoms with E-state index >= 15 is 0 Å². The summed E-state index contributed by atoms with van der Waals surface area (Å²) in [5, 5.41) is 5.14. The molecular weight excluding hydrogens is 629 g/mol. The molecule has 0 atom stereocenters. The predicted octanol–water partition coefficient (Wildman–Crippen LogP) is 13.8. The summed E-state index contributed by atoms with van der Waals surface area (Å²) in [5.74, 6) is 0. The van der Waals surface area contributed by atoms with Gasteiger partial charge in [0.25, 0.3) is 0 Å². The number of para-hydroxylation sites is 2. The van der Waals surface area contributed by atoms with Gasteiger partial charge in [0.05, 0.1) is 22.1 Å². The van der Waals surface area contributed by atoms with Crippen molar-refractivity contribution in [3.63, 3.8) is 0 Å². The predicted molar refractivity (Wildman–Crippen MR) is 223 cm³/mol. The zero-order chi connectivity index (χ0) is 35.8. The summed E-state index contributed by atoms with van der Waals surface area (Å²) in [7, 11) is 0. The minimum absolute atomic E-state index is 0.0635. The fourth-order valence-corrected chi connectivity index (χ4v) is 7.96. The van der Waals surface area contributed by atoms with Crippen LogP contribution in [-0.2, 0) is 10.8 Å². The van der Waals surface area contributed by atoms with Crippen LogP contribution in [-0.4, -0.2) is 9.13 Å². The molecule has 0 aliphatic rings. The van der Waals surface area contributed by atoms with Gasteiger partial charge in [0.1, 0.15) is 0 Å². The highest BCUT2D eigenvalue weighted by Crippen LogP contribution is 2.40. The topological polar surface area (TPSA) is 9.86 Å². The Balaban J connectivity index is 1.27.